The minimum atomic E-state index is -0.787. The molecular weight excluding hydrogens is 613 g/mol. The van der Waals surface area contributed by atoms with Gasteiger partial charge in [0.25, 0.3) is 5.91 Å². The number of halogens is 2. The number of amides is 2. The summed E-state index contributed by atoms with van der Waals surface area (Å²) in [5, 5.41) is 3.73. The van der Waals surface area contributed by atoms with Crippen molar-refractivity contribution in [2.24, 2.45) is 0 Å². The van der Waals surface area contributed by atoms with Gasteiger partial charge in [0.1, 0.15) is 6.04 Å². The van der Waals surface area contributed by atoms with Crippen LogP contribution in [0.4, 0.5) is 11.4 Å². The summed E-state index contributed by atoms with van der Waals surface area (Å²) in [7, 11) is 3.13. The Morgan fingerprint density at radius 2 is 1.69 bits per heavy atom. The molecule has 1 aliphatic heterocycles. The van der Waals surface area contributed by atoms with Crippen LogP contribution in [0.15, 0.2) is 66.7 Å². The van der Waals surface area contributed by atoms with Crippen LogP contribution in [0.1, 0.15) is 12.0 Å². The molecule has 3 aromatic rings. The van der Waals surface area contributed by atoms with Gasteiger partial charge in [0, 0.05) is 20.8 Å². The standard InChI is InChI=1S/C26H23ClIN3O4S/c1-34-22-12-3-16(13-23(22)35-2)15-30-21(14-24(32)29-19-8-6-18(28)7-9-19)25(33)31(26(30)36)20-10-4-17(27)5-11-20/h3-13,21H,14-15H2,1-2H3,(H,29,32). The zero-order valence-electron chi connectivity index (χ0n) is 19.5. The highest BCUT2D eigenvalue weighted by molar-refractivity contribution is 14.1. The van der Waals surface area contributed by atoms with Gasteiger partial charge in [-0.25, -0.2) is 0 Å². The number of rotatable bonds is 8. The maximum atomic E-state index is 13.6. The van der Waals surface area contributed by atoms with Gasteiger partial charge in [-0.3, -0.25) is 14.5 Å². The van der Waals surface area contributed by atoms with Gasteiger partial charge < -0.3 is 19.7 Å². The molecule has 0 radical (unpaired) electrons. The van der Waals surface area contributed by atoms with E-state index in [9.17, 15) is 9.59 Å². The normalized spacial score (nSPS) is 15.3. The first-order valence-corrected chi connectivity index (χ1v) is 12.8. The van der Waals surface area contributed by atoms with Crippen molar-refractivity contribution < 1.29 is 19.1 Å². The first-order chi connectivity index (χ1) is 17.3. The van der Waals surface area contributed by atoms with Crippen LogP contribution in [-0.4, -0.2) is 42.1 Å². The number of nitrogens with zero attached hydrogens (tertiary/aromatic N) is 2. The highest BCUT2D eigenvalue weighted by Gasteiger charge is 2.44. The number of hydrogen-bond acceptors (Lipinski definition) is 5. The molecule has 10 heteroatoms. The smallest absolute Gasteiger partial charge is 0.256 e. The predicted molar refractivity (Wildman–Crippen MR) is 153 cm³/mol. The van der Waals surface area contributed by atoms with Gasteiger partial charge in [-0.1, -0.05) is 17.7 Å². The lowest BCUT2D eigenvalue weighted by atomic mass is 10.1. The second-order valence-corrected chi connectivity index (χ2v) is 10.1. The van der Waals surface area contributed by atoms with Crippen molar-refractivity contribution in [3.63, 3.8) is 0 Å². The lowest BCUT2D eigenvalue weighted by Crippen LogP contribution is -2.37. The summed E-state index contributed by atoms with van der Waals surface area (Å²) in [6.45, 7) is 0.302. The summed E-state index contributed by atoms with van der Waals surface area (Å²) in [4.78, 5) is 29.8. The Labute approximate surface area is 233 Å². The molecule has 0 bridgehead atoms. The zero-order chi connectivity index (χ0) is 25.8. The summed E-state index contributed by atoms with van der Waals surface area (Å²) in [5.41, 5.74) is 2.10. The van der Waals surface area contributed by atoms with Crippen LogP contribution in [0.5, 0.6) is 11.5 Å². The maximum Gasteiger partial charge on any atom is 0.256 e. The van der Waals surface area contributed by atoms with Gasteiger partial charge in [0.15, 0.2) is 16.6 Å². The molecule has 7 nitrogen and oxygen atoms in total. The largest absolute Gasteiger partial charge is 0.493 e. The van der Waals surface area contributed by atoms with Crippen LogP contribution in [0, 0.1) is 3.57 Å². The molecule has 2 amide bonds. The molecule has 3 aromatic carbocycles. The van der Waals surface area contributed by atoms with Crippen molar-refractivity contribution in [1.29, 1.82) is 0 Å². The second-order valence-electron chi connectivity index (χ2n) is 8.02. The van der Waals surface area contributed by atoms with Crippen molar-refractivity contribution >= 4 is 74.7 Å². The van der Waals surface area contributed by atoms with E-state index in [2.05, 4.69) is 27.9 Å². The van der Waals surface area contributed by atoms with Gasteiger partial charge >= 0.3 is 0 Å². The highest BCUT2D eigenvalue weighted by atomic mass is 127. The summed E-state index contributed by atoms with van der Waals surface area (Å²) in [6, 6.07) is 19.0. The minimum absolute atomic E-state index is 0.0671. The Balaban J connectivity index is 1.62. The first-order valence-electron chi connectivity index (χ1n) is 11.0. The monoisotopic (exact) mass is 635 g/mol. The zero-order valence-corrected chi connectivity index (χ0v) is 23.3. The van der Waals surface area contributed by atoms with Gasteiger partial charge in [-0.05, 0) is 101 Å². The molecule has 0 saturated carbocycles. The molecule has 1 N–H and O–H groups in total. The van der Waals surface area contributed by atoms with Gasteiger partial charge in [-0.15, -0.1) is 0 Å². The number of carbonyl (C=O) groups is 2. The number of carbonyl (C=O) groups excluding carboxylic acids is 2. The second kappa shape index (κ2) is 11.4. The van der Waals surface area contributed by atoms with Crippen LogP contribution >= 0.6 is 46.4 Å². The number of anilines is 2. The van der Waals surface area contributed by atoms with Gasteiger partial charge in [0.05, 0.1) is 26.3 Å². The third-order valence-electron chi connectivity index (χ3n) is 5.71. The van der Waals surface area contributed by atoms with E-state index in [-0.39, 0.29) is 18.2 Å². The van der Waals surface area contributed by atoms with Crippen molar-refractivity contribution in [2.75, 3.05) is 24.4 Å². The van der Waals surface area contributed by atoms with E-state index in [0.29, 0.717) is 39.6 Å². The quantitative estimate of drug-likeness (QED) is 0.261. The molecule has 186 valence electrons. The number of methoxy groups -OCH3 is 2. The van der Waals surface area contributed by atoms with Crippen LogP contribution in [-0.2, 0) is 16.1 Å². The number of hydrogen-bond donors (Lipinski definition) is 1. The summed E-state index contributed by atoms with van der Waals surface area (Å²) < 4.78 is 11.8. The topological polar surface area (TPSA) is 71.1 Å². The molecule has 0 aromatic heterocycles. The van der Waals surface area contributed by atoms with E-state index >= 15 is 0 Å². The average molecular weight is 636 g/mol. The molecular formula is C26H23ClIN3O4S. The lowest BCUT2D eigenvalue weighted by molar-refractivity contribution is -0.124. The fourth-order valence-corrected chi connectivity index (χ4v) is 4.81. The van der Waals surface area contributed by atoms with Crippen molar-refractivity contribution in [3.05, 3.63) is 80.9 Å². The summed E-state index contributed by atoms with van der Waals surface area (Å²) in [6.07, 6.45) is -0.0671. The first kappa shape index (κ1) is 26.2. The van der Waals surface area contributed by atoms with Crippen molar-refractivity contribution in [1.82, 2.24) is 4.90 Å². The van der Waals surface area contributed by atoms with E-state index in [1.807, 2.05) is 36.4 Å². The molecule has 1 unspecified atom stereocenters. The molecule has 1 heterocycles. The van der Waals surface area contributed by atoms with E-state index in [1.165, 1.54) is 4.90 Å². The molecule has 0 aliphatic carbocycles. The Hall–Kier alpha value is -2.89. The fraction of sp³-hybridized carbons (Fsp3) is 0.192. The van der Waals surface area contributed by atoms with Crippen molar-refractivity contribution in [2.45, 2.75) is 19.0 Å². The molecule has 0 spiro atoms. The molecule has 36 heavy (non-hydrogen) atoms. The number of benzene rings is 3. The van der Waals surface area contributed by atoms with E-state index in [1.54, 1.807) is 49.5 Å². The van der Waals surface area contributed by atoms with Gasteiger partial charge in [0.2, 0.25) is 5.91 Å². The third-order valence-corrected chi connectivity index (χ3v) is 7.10. The van der Waals surface area contributed by atoms with E-state index in [0.717, 1.165) is 9.13 Å². The highest BCUT2D eigenvalue weighted by Crippen LogP contribution is 2.32. The Morgan fingerprint density at radius 1 is 1.03 bits per heavy atom. The Morgan fingerprint density at radius 3 is 2.33 bits per heavy atom. The maximum absolute atomic E-state index is 13.6. The van der Waals surface area contributed by atoms with Crippen molar-refractivity contribution in [3.8, 4) is 11.5 Å². The van der Waals surface area contributed by atoms with Crippen LogP contribution in [0.3, 0.4) is 0 Å². The SMILES string of the molecule is COc1ccc(CN2C(=S)N(c3ccc(Cl)cc3)C(=O)C2CC(=O)Nc2ccc(I)cc2)cc1OC. The average Bonchev–Trinajstić information content (AvgIpc) is 3.09. The van der Waals surface area contributed by atoms with E-state index in [4.69, 9.17) is 33.3 Å². The Bertz CT molecular complexity index is 1290. The van der Waals surface area contributed by atoms with Gasteiger partial charge in [-0.2, -0.15) is 0 Å². The minimum Gasteiger partial charge on any atom is -0.493 e. The predicted octanol–water partition coefficient (Wildman–Crippen LogP) is 5.49. The molecule has 1 atom stereocenters. The molecule has 1 fully saturated rings. The lowest BCUT2D eigenvalue weighted by Gasteiger charge is -2.24. The van der Waals surface area contributed by atoms with Crippen LogP contribution in [0.25, 0.3) is 0 Å². The summed E-state index contributed by atoms with van der Waals surface area (Å²) in [5.74, 6) is 0.597. The molecule has 4 rings (SSSR count). The Kier molecular flexibility index (Phi) is 8.32. The molecule has 1 saturated heterocycles. The number of ether oxygens (including phenoxy) is 2. The van der Waals surface area contributed by atoms with E-state index < -0.39 is 6.04 Å². The number of thiocarbonyl (C=S) groups is 1. The van der Waals surface area contributed by atoms with Crippen LogP contribution < -0.4 is 19.7 Å². The third kappa shape index (κ3) is 5.74. The fourth-order valence-electron chi connectivity index (χ4n) is 3.94. The molecule has 1 aliphatic rings. The number of nitrogens with one attached hydrogen (secondary N) is 1. The van der Waals surface area contributed by atoms with Crippen LogP contribution in [0.2, 0.25) is 5.02 Å². The summed E-state index contributed by atoms with van der Waals surface area (Å²) >= 11 is 14.0.